The van der Waals surface area contributed by atoms with Gasteiger partial charge in [0.1, 0.15) is 5.69 Å². The van der Waals surface area contributed by atoms with Gasteiger partial charge in [-0.05, 0) is 43.2 Å². The van der Waals surface area contributed by atoms with Crippen LogP contribution in [-0.4, -0.2) is 22.9 Å². The van der Waals surface area contributed by atoms with Crippen LogP contribution in [0.15, 0.2) is 18.2 Å². The molecule has 2 fully saturated rings. The lowest BCUT2D eigenvalue weighted by Gasteiger charge is -2.34. The molecule has 0 aromatic heterocycles. The number of benzene rings is 1. The zero-order valence-corrected chi connectivity index (χ0v) is 14.2. The Balaban J connectivity index is 1.74. The summed E-state index contributed by atoms with van der Waals surface area (Å²) in [6.45, 7) is 4.38. The molecule has 2 aliphatic rings. The lowest BCUT2D eigenvalue weighted by atomic mass is 9.78. The summed E-state index contributed by atoms with van der Waals surface area (Å²) in [5.41, 5.74) is 0.826. The molecule has 3 atom stereocenters. The van der Waals surface area contributed by atoms with Crippen LogP contribution in [0.4, 0.5) is 11.4 Å². The maximum Gasteiger partial charge on any atom is 0.293 e. The van der Waals surface area contributed by atoms with Gasteiger partial charge in [-0.2, -0.15) is 0 Å². The lowest BCUT2D eigenvalue weighted by Crippen LogP contribution is -2.43. The van der Waals surface area contributed by atoms with E-state index < -0.39 is 4.92 Å². The first-order valence-electron chi connectivity index (χ1n) is 8.81. The van der Waals surface area contributed by atoms with Gasteiger partial charge < -0.3 is 10.6 Å². The van der Waals surface area contributed by atoms with Crippen molar-refractivity contribution in [3.8, 4) is 0 Å². The standard InChI is InChI=1S/C18H25N3O3/c1-11-4-3-5-15(12(11)2)20-18(22)13-6-9-16(19-14-7-8-14)17(10-13)21(23)24/h6,9-12,14-15,19H,3-5,7-8H2,1-2H3,(H,20,22)/t11-,12+,15-/m0/s1. The molecule has 0 bridgehead atoms. The molecule has 0 aliphatic heterocycles. The summed E-state index contributed by atoms with van der Waals surface area (Å²) >= 11 is 0. The van der Waals surface area contributed by atoms with Crippen LogP contribution in [0.25, 0.3) is 0 Å². The Bertz CT molecular complexity index is 642. The van der Waals surface area contributed by atoms with Crippen molar-refractivity contribution in [1.82, 2.24) is 5.32 Å². The summed E-state index contributed by atoms with van der Waals surface area (Å²) in [5, 5.41) is 17.5. The number of nitrogens with zero attached hydrogens (tertiary/aromatic N) is 1. The van der Waals surface area contributed by atoms with Gasteiger partial charge in [0, 0.05) is 23.7 Å². The number of nitro groups is 1. The van der Waals surface area contributed by atoms with Crippen molar-refractivity contribution in [2.24, 2.45) is 11.8 Å². The Morgan fingerprint density at radius 2 is 1.96 bits per heavy atom. The Hall–Kier alpha value is -2.11. The molecule has 3 rings (SSSR count). The maximum absolute atomic E-state index is 12.5. The molecule has 1 aromatic rings. The van der Waals surface area contributed by atoms with Crippen molar-refractivity contribution in [3.05, 3.63) is 33.9 Å². The summed E-state index contributed by atoms with van der Waals surface area (Å²) in [7, 11) is 0. The van der Waals surface area contributed by atoms with Crippen molar-refractivity contribution >= 4 is 17.3 Å². The molecular weight excluding hydrogens is 306 g/mol. The van der Waals surface area contributed by atoms with E-state index >= 15 is 0 Å². The fourth-order valence-corrected chi connectivity index (χ4v) is 3.43. The van der Waals surface area contributed by atoms with Gasteiger partial charge >= 0.3 is 0 Å². The summed E-state index contributed by atoms with van der Waals surface area (Å²) in [6.07, 6.45) is 5.36. The topological polar surface area (TPSA) is 84.3 Å². The molecule has 0 radical (unpaired) electrons. The minimum absolute atomic E-state index is 0.0281. The third-order valence-electron chi connectivity index (χ3n) is 5.42. The molecule has 2 N–H and O–H groups in total. The van der Waals surface area contributed by atoms with Crippen LogP contribution in [0, 0.1) is 22.0 Å². The first-order valence-corrected chi connectivity index (χ1v) is 8.81. The fourth-order valence-electron chi connectivity index (χ4n) is 3.43. The molecule has 0 heterocycles. The van der Waals surface area contributed by atoms with E-state index in [1.165, 1.54) is 12.5 Å². The molecule has 0 spiro atoms. The average molecular weight is 331 g/mol. The number of hydrogen-bond acceptors (Lipinski definition) is 4. The second-order valence-electron chi connectivity index (χ2n) is 7.25. The normalized spacial score (nSPS) is 26.7. The molecule has 0 unspecified atom stereocenters. The zero-order chi connectivity index (χ0) is 17.3. The van der Waals surface area contributed by atoms with Gasteiger partial charge in [0.15, 0.2) is 0 Å². The molecule has 2 aliphatic carbocycles. The Labute approximate surface area is 142 Å². The quantitative estimate of drug-likeness (QED) is 0.636. The molecule has 1 amide bonds. The summed E-state index contributed by atoms with van der Waals surface area (Å²) in [6, 6.07) is 5.18. The number of amides is 1. The molecule has 6 nitrogen and oxygen atoms in total. The van der Waals surface area contributed by atoms with Crippen molar-refractivity contribution in [3.63, 3.8) is 0 Å². The first kappa shape index (κ1) is 16.7. The highest BCUT2D eigenvalue weighted by Gasteiger charge is 2.29. The van der Waals surface area contributed by atoms with Crippen molar-refractivity contribution < 1.29 is 9.72 Å². The zero-order valence-electron chi connectivity index (χ0n) is 14.2. The van der Waals surface area contributed by atoms with E-state index in [1.807, 2.05) is 0 Å². The third-order valence-corrected chi connectivity index (χ3v) is 5.42. The van der Waals surface area contributed by atoms with Crippen LogP contribution in [-0.2, 0) is 0 Å². The average Bonchev–Trinajstić information content (AvgIpc) is 3.36. The van der Waals surface area contributed by atoms with Crippen LogP contribution < -0.4 is 10.6 Å². The Morgan fingerprint density at radius 1 is 1.21 bits per heavy atom. The molecular formula is C18H25N3O3. The second-order valence-corrected chi connectivity index (χ2v) is 7.25. The van der Waals surface area contributed by atoms with Crippen LogP contribution in [0.2, 0.25) is 0 Å². The second kappa shape index (κ2) is 6.79. The molecule has 130 valence electrons. The van der Waals surface area contributed by atoms with Crippen LogP contribution in [0.3, 0.4) is 0 Å². The SMILES string of the molecule is C[C@H]1[C@@H](NC(=O)c2ccc(NC3CC3)c([N+](=O)[O-])c2)CCC[C@@H]1C. The minimum atomic E-state index is -0.424. The highest BCUT2D eigenvalue weighted by Crippen LogP contribution is 2.32. The Kier molecular flexibility index (Phi) is 4.73. The van der Waals surface area contributed by atoms with Crippen LogP contribution in [0.1, 0.15) is 56.3 Å². The Morgan fingerprint density at radius 3 is 2.62 bits per heavy atom. The summed E-state index contributed by atoms with van der Waals surface area (Å²) < 4.78 is 0. The monoisotopic (exact) mass is 331 g/mol. The predicted molar refractivity (Wildman–Crippen MR) is 93.2 cm³/mol. The number of nitro benzene ring substituents is 1. The highest BCUT2D eigenvalue weighted by atomic mass is 16.6. The van der Waals surface area contributed by atoms with Gasteiger partial charge in [0.05, 0.1) is 4.92 Å². The number of anilines is 1. The largest absolute Gasteiger partial charge is 0.377 e. The van der Waals surface area contributed by atoms with Crippen LogP contribution >= 0.6 is 0 Å². The van der Waals surface area contributed by atoms with Crippen molar-refractivity contribution in [2.75, 3.05) is 5.32 Å². The van der Waals surface area contributed by atoms with Crippen molar-refractivity contribution in [2.45, 2.75) is 58.0 Å². The summed E-state index contributed by atoms with van der Waals surface area (Å²) in [5.74, 6) is 0.791. The fraction of sp³-hybridized carbons (Fsp3) is 0.611. The lowest BCUT2D eigenvalue weighted by molar-refractivity contribution is -0.384. The van der Waals surface area contributed by atoms with Gasteiger partial charge in [-0.3, -0.25) is 14.9 Å². The number of rotatable bonds is 5. The first-order chi connectivity index (χ1) is 11.5. The number of hydrogen-bond donors (Lipinski definition) is 2. The van der Waals surface area contributed by atoms with Crippen molar-refractivity contribution in [1.29, 1.82) is 0 Å². The van der Waals surface area contributed by atoms with Gasteiger partial charge in [-0.25, -0.2) is 0 Å². The van der Waals surface area contributed by atoms with E-state index in [1.54, 1.807) is 12.1 Å². The molecule has 1 aromatic carbocycles. The van der Waals surface area contributed by atoms with Gasteiger partial charge in [0.2, 0.25) is 0 Å². The molecule has 2 saturated carbocycles. The highest BCUT2D eigenvalue weighted by molar-refractivity contribution is 5.96. The van der Waals surface area contributed by atoms with Crippen LogP contribution in [0.5, 0.6) is 0 Å². The predicted octanol–water partition coefficient (Wildman–Crippen LogP) is 3.72. The van der Waals surface area contributed by atoms with E-state index in [4.69, 9.17) is 0 Å². The van der Waals surface area contributed by atoms with E-state index in [9.17, 15) is 14.9 Å². The van der Waals surface area contributed by atoms with Gasteiger partial charge in [-0.1, -0.05) is 26.7 Å². The molecule has 0 saturated heterocycles. The molecule has 24 heavy (non-hydrogen) atoms. The minimum Gasteiger partial charge on any atom is -0.377 e. The van der Waals surface area contributed by atoms with E-state index in [0.717, 1.165) is 25.7 Å². The van der Waals surface area contributed by atoms with E-state index in [0.29, 0.717) is 29.1 Å². The van der Waals surface area contributed by atoms with Gasteiger partial charge in [-0.15, -0.1) is 0 Å². The van der Waals surface area contributed by atoms with Gasteiger partial charge in [0.25, 0.3) is 11.6 Å². The van der Waals surface area contributed by atoms with E-state index in [2.05, 4.69) is 24.5 Å². The maximum atomic E-state index is 12.5. The van der Waals surface area contributed by atoms with E-state index in [-0.39, 0.29) is 17.6 Å². The number of nitrogens with one attached hydrogen (secondary N) is 2. The molecule has 6 heteroatoms. The smallest absolute Gasteiger partial charge is 0.293 e. The number of carbonyl (C=O) groups is 1. The number of carbonyl (C=O) groups excluding carboxylic acids is 1. The summed E-state index contributed by atoms with van der Waals surface area (Å²) in [4.78, 5) is 23.4. The third kappa shape index (κ3) is 3.68.